The molecule has 5 heteroatoms. The van der Waals surface area contributed by atoms with Gasteiger partial charge in [0.05, 0.1) is 18.0 Å². The number of rotatable bonds is 2. The summed E-state index contributed by atoms with van der Waals surface area (Å²) in [6.07, 6.45) is 6.40. The fourth-order valence-corrected chi connectivity index (χ4v) is 3.33. The predicted molar refractivity (Wildman–Crippen MR) is 93.6 cm³/mol. The normalized spacial score (nSPS) is 29.7. The number of amides is 1. The van der Waals surface area contributed by atoms with Crippen LogP contribution in [0.25, 0.3) is 5.57 Å². The van der Waals surface area contributed by atoms with Crippen molar-refractivity contribution >= 4 is 17.4 Å². The van der Waals surface area contributed by atoms with Crippen molar-refractivity contribution in [2.75, 3.05) is 7.05 Å². The van der Waals surface area contributed by atoms with E-state index in [0.29, 0.717) is 6.42 Å². The molecule has 0 saturated carbocycles. The average Bonchev–Trinajstić information content (AvgIpc) is 2.60. The van der Waals surface area contributed by atoms with E-state index in [-0.39, 0.29) is 18.3 Å². The van der Waals surface area contributed by atoms with E-state index in [9.17, 15) is 10.1 Å². The van der Waals surface area contributed by atoms with Crippen LogP contribution >= 0.6 is 0 Å². The Bertz CT molecular complexity index is 802. The van der Waals surface area contributed by atoms with E-state index >= 15 is 0 Å². The van der Waals surface area contributed by atoms with Gasteiger partial charge in [-0.3, -0.25) is 9.69 Å². The number of carbonyl (C=O) groups is 1. The Labute approximate surface area is 141 Å². The first kappa shape index (κ1) is 16.0. The van der Waals surface area contributed by atoms with Gasteiger partial charge in [0.1, 0.15) is 5.41 Å². The second-order valence-corrected chi connectivity index (χ2v) is 6.55. The molecule has 0 radical (unpaired) electrons. The zero-order valence-corrected chi connectivity index (χ0v) is 13.9. The molecular formula is C19H20N4O. The molecule has 1 heterocycles. The fraction of sp³-hybridized carbons (Fsp3) is 0.316. The van der Waals surface area contributed by atoms with Gasteiger partial charge in [0.2, 0.25) is 5.91 Å². The third-order valence-corrected chi connectivity index (χ3v) is 5.03. The maximum Gasteiger partial charge on any atom is 0.231 e. The van der Waals surface area contributed by atoms with Crippen molar-refractivity contribution in [1.29, 1.82) is 5.26 Å². The Balaban J connectivity index is 2.03. The number of hydrogen-bond acceptors (Lipinski definition) is 4. The van der Waals surface area contributed by atoms with Crippen molar-refractivity contribution < 1.29 is 4.79 Å². The summed E-state index contributed by atoms with van der Waals surface area (Å²) in [7, 11) is 1.60. The first-order chi connectivity index (χ1) is 11.4. The molecule has 1 amide bonds. The molecule has 2 unspecified atom stereocenters. The third-order valence-electron chi connectivity index (χ3n) is 5.03. The zero-order chi connectivity index (χ0) is 17.4. The number of allylic oxidation sites excluding steroid dienone is 3. The van der Waals surface area contributed by atoms with Crippen LogP contribution in [0.4, 0.5) is 0 Å². The molecule has 1 aromatic carbocycles. The highest BCUT2D eigenvalue weighted by Gasteiger charge is 2.52. The van der Waals surface area contributed by atoms with Crippen LogP contribution in [0.3, 0.4) is 0 Å². The average molecular weight is 320 g/mol. The number of hydrogen-bond donors (Lipinski definition) is 1. The number of guanidine groups is 1. The van der Waals surface area contributed by atoms with Crippen LogP contribution in [0.5, 0.6) is 0 Å². The molecule has 1 aromatic rings. The largest absolute Gasteiger partial charge is 0.369 e. The number of carbonyl (C=O) groups excluding carboxylic acids is 1. The number of nitrogens with two attached hydrogens (primary N) is 1. The van der Waals surface area contributed by atoms with E-state index in [2.05, 4.69) is 11.1 Å². The summed E-state index contributed by atoms with van der Waals surface area (Å²) in [4.78, 5) is 18.2. The van der Waals surface area contributed by atoms with Crippen molar-refractivity contribution in [3.8, 4) is 6.07 Å². The summed E-state index contributed by atoms with van der Waals surface area (Å²) >= 11 is 0. The third kappa shape index (κ3) is 2.41. The molecular weight excluding hydrogens is 300 g/mol. The van der Waals surface area contributed by atoms with Gasteiger partial charge in [-0.25, -0.2) is 4.99 Å². The number of nitriles is 1. The number of benzene rings is 1. The SMILES string of the molecule is CN1C(=O)CC(C)(C2(C#N)C=CC=C(c3ccccc3)C2)N=C1N. The Kier molecular flexibility index (Phi) is 3.76. The van der Waals surface area contributed by atoms with Crippen molar-refractivity contribution in [2.45, 2.75) is 25.3 Å². The van der Waals surface area contributed by atoms with Crippen LogP contribution in [0, 0.1) is 16.7 Å². The molecule has 2 aliphatic rings. The first-order valence-corrected chi connectivity index (χ1v) is 7.88. The van der Waals surface area contributed by atoms with E-state index in [0.717, 1.165) is 11.1 Å². The minimum absolute atomic E-state index is 0.121. The molecule has 122 valence electrons. The molecule has 1 aliphatic heterocycles. The number of aliphatic imine (C=N–C) groups is 1. The first-order valence-electron chi connectivity index (χ1n) is 7.88. The minimum Gasteiger partial charge on any atom is -0.369 e. The maximum atomic E-state index is 12.3. The highest BCUT2D eigenvalue weighted by atomic mass is 16.2. The van der Waals surface area contributed by atoms with Crippen LogP contribution in [-0.2, 0) is 4.79 Å². The summed E-state index contributed by atoms with van der Waals surface area (Å²) in [6.45, 7) is 1.84. The van der Waals surface area contributed by atoms with Gasteiger partial charge in [-0.1, -0.05) is 48.6 Å². The highest BCUT2D eigenvalue weighted by molar-refractivity contribution is 5.99. The van der Waals surface area contributed by atoms with E-state index in [4.69, 9.17) is 5.73 Å². The molecule has 0 saturated heterocycles. The van der Waals surface area contributed by atoms with Gasteiger partial charge < -0.3 is 5.73 Å². The van der Waals surface area contributed by atoms with E-state index in [1.165, 1.54) is 4.90 Å². The molecule has 1 aliphatic carbocycles. The molecule has 5 nitrogen and oxygen atoms in total. The van der Waals surface area contributed by atoms with Gasteiger partial charge in [-0.2, -0.15) is 5.26 Å². The van der Waals surface area contributed by atoms with Crippen LogP contribution in [0.1, 0.15) is 25.3 Å². The monoisotopic (exact) mass is 320 g/mol. The van der Waals surface area contributed by atoms with Crippen molar-refractivity contribution in [3.63, 3.8) is 0 Å². The molecule has 3 rings (SSSR count). The smallest absolute Gasteiger partial charge is 0.231 e. The van der Waals surface area contributed by atoms with E-state index in [1.807, 2.05) is 55.5 Å². The zero-order valence-electron chi connectivity index (χ0n) is 13.9. The standard InChI is InChI=1S/C19H20N4O/c1-18(12-16(24)23(2)17(21)22-18)19(13-20)10-6-9-15(11-19)14-7-4-3-5-8-14/h3-10H,11-12H2,1-2H3,(H2,21,22). The van der Waals surface area contributed by atoms with Crippen molar-refractivity contribution in [1.82, 2.24) is 4.90 Å². The highest BCUT2D eigenvalue weighted by Crippen LogP contribution is 2.48. The lowest BCUT2D eigenvalue weighted by atomic mass is 9.63. The maximum absolute atomic E-state index is 12.3. The second kappa shape index (κ2) is 5.64. The predicted octanol–water partition coefficient (Wildman–Crippen LogP) is 2.48. The van der Waals surface area contributed by atoms with Crippen LogP contribution in [-0.4, -0.2) is 29.4 Å². The second-order valence-electron chi connectivity index (χ2n) is 6.55. The molecule has 0 bridgehead atoms. The van der Waals surface area contributed by atoms with E-state index < -0.39 is 11.0 Å². The molecule has 24 heavy (non-hydrogen) atoms. The van der Waals surface area contributed by atoms with Gasteiger partial charge >= 0.3 is 0 Å². The van der Waals surface area contributed by atoms with Crippen molar-refractivity contribution in [2.24, 2.45) is 16.1 Å². The Hall–Kier alpha value is -2.87. The lowest BCUT2D eigenvalue weighted by molar-refractivity contribution is -0.129. The molecule has 0 aromatic heterocycles. The lowest BCUT2D eigenvalue weighted by Gasteiger charge is -2.44. The van der Waals surface area contributed by atoms with Crippen LogP contribution < -0.4 is 5.73 Å². The summed E-state index contributed by atoms with van der Waals surface area (Å²) in [5, 5.41) is 10.00. The summed E-state index contributed by atoms with van der Waals surface area (Å²) < 4.78 is 0. The van der Waals surface area contributed by atoms with Gasteiger partial charge in [-0.15, -0.1) is 0 Å². The lowest BCUT2D eigenvalue weighted by Crippen LogP contribution is -2.55. The Morgan fingerprint density at radius 1 is 1.29 bits per heavy atom. The van der Waals surface area contributed by atoms with E-state index in [1.54, 1.807) is 7.05 Å². The summed E-state index contributed by atoms with van der Waals surface area (Å²) in [6, 6.07) is 12.4. The molecule has 0 spiro atoms. The van der Waals surface area contributed by atoms with Crippen LogP contribution in [0.15, 0.2) is 53.6 Å². The van der Waals surface area contributed by atoms with Crippen LogP contribution in [0.2, 0.25) is 0 Å². The summed E-state index contributed by atoms with van der Waals surface area (Å²) in [5.74, 6) is 0.0384. The molecule has 2 atom stereocenters. The number of nitrogens with zero attached hydrogens (tertiary/aromatic N) is 3. The Morgan fingerprint density at radius 3 is 2.62 bits per heavy atom. The van der Waals surface area contributed by atoms with Crippen molar-refractivity contribution in [3.05, 3.63) is 54.1 Å². The fourth-order valence-electron chi connectivity index (χ4n) is 3.33. The van der Waals surface area contributed by atoms with Gasteiger partial charge in [0.25, 0.3) is 0 Å². The molecule has 0 fully saturated rings. The van der Waals surface area contributed by atoms with Gasteiger partial charge in [-0.05, 0) is 24.5 Å². The topological polar surface area (TPSA) is 82.5 Å². The Morgan fingerprint density at radius 2 is 2.00 bits per heavy atom. The molecule has 2 N–H and O–H groups in total. The quantitative estimate of drug-likeness (QED) is 0.908. The summed E-state index contributed by atoms with van der Waals surface area (Å²) in [5.41, 5.74) is 6.25. The van der Waals surface area contributed by atoms with Gasteiger partial charge in [0, 0.05) is 7.05 Å². The van der Waals surface area contributed by atoms with Gasteiger partial charge in [0.15, 0.2) is 5.96 Å². The minimum atomic E-state index is -0.908.